The number of benzene rings is 1. The molecule has 1 aromatic rings. The van der Waals surface area contributed by atoms with Crippen LogP contribution in [0.15, 0.2) is 18.2 Å². The van der Waals surface area contributed by atoms with Gasteiger partial charge in [0, 0.05) is 5.56 Å². The van der Waals surface area contributed by atoms with Crippen molar-refractivity contribution in [3.8, 4) is 5.75 Å². The third-order valence-corrected chi connectivity index (χ3v) is 3.25. The van der Waals surface area contributed by atoms with E-state index in [2.05, 4.69) is 13.8 Å². The van der Waals surface area contributed by atoms with Crippen LogP contribution in [-0.2, 0) is 0 Å². The van der Waals surface area contributed by atoms with Crippen LogP contribution in [-0.4, -0.2) is 11.7 Å². The molecule has 0 aliphatic rings. The minimum atomic E-state index is -0.479. The molecule has 0 heterocycles. The maximum absolute atomic E-state index is 9.70. The highest BCUT2D eigenvalue weighted by Gasteiger charge is 2.11. The lowest BCUT2D eigenvalue weighted by Crippen LogP contribution is -2.11. The number of hydrogen-bond acceptors (Lipinski definition) is 2. The summed E-state index contributed by atoms with van der Waals surface area (Å²) in [6.45, 7) is 8.91. The molecule has 96 valence electrons. The molecule has 0 saturated carbocycles. The summed E-state index contributed by atoms with van der Waals surface area (Å²) in [5.74, 6) is 1.42. The first kappa shape index (κ1) is 14.0. The zero-order valence-electron chi connectivity index (χ0n) is 11.4. The van der Waals surface area contributed by atoms with Crippen LogP contribution >= 0.6 is 0 Å². The van der Waals surface area contributed by atoms with Gasteiger partial charge < -0.3 is 9.84 Å². The number of aliphatic hydroxyl groups is 1. The highest BCUT2D eigenvalue weighted by atomic mass is 16.5. The predicted molar refractivity (Wildman–Crippen MR) is 71.4 cm³/mol. The summed E-state index contributed by atoms with van der Waals surface area (Å²) in [5, 5.41) is 9.70. The fourth-order valence-electron chi connectivity index (χ4n) is 1.84. The first-order valence-electron chi connectivity index (χ1n) is 6.49. The summed E-state index contributed by atoms with van der Waals surface area (Å²) >= 11 is 0. The molecule has 1 unspecified atom stereocenters. The van der Waals surface area contributed by atoms with Gasteiger partial charge in [-0.3, -0.25) is 0 Å². The fraction of sp³-hybridized carbons (Fsp3) is 0.600. The zero-order valence-corrected chi connectivity index (χ0v) is 11.4. The number of aryl methyl sites for hydroxylation is 1. The molecule has 0 fully saturated rings. The molecule has 1 rings (SSSR count). The Morgan fingerprint density at radius 3 is 2.41 bits per heavy atom. The van der Waals surface area contributed by atoms with Crippen LogP contribution in [0.1, 0.15) is 50.8 Å². The molecule has 0 aliphatic heterocycles. The number of rotatable bonds is 6. The molecule has 2 nitrogen and oxygen atoms in total. The second kappa shape index (κ2) is 6.65. The molecule has 0 spiro atoms. The van der Waals surface area contributed by atoms with Crippen LogP contribution in [0.4, 0.5) is 0 Å². The molecule has 0 bridgehead atoms. The van der Waals surface area contributed by atoms with E-state index < -0.39 is 6.10 Å². The van der Waals surface area contributed by atoms with Gasteiger partial charge in [0.1, 0.15) is 5.75 Å². The second-order valence-corrected chi connectivity index (χ2v) is 4.71. The van der Waals surface area contributed by atoms with Crippen molar-refractivity contribution in [2.75, 3.05) is 6.61 Å². The van der Waals surface area contributed by atoms with Crippen molar-refractivity contribution in [2.24, 2.45) is 5.92 Å². The zero-order chi connectivity index (χ0) is 12.8. The van der Waals surface area contributed by atoms with Crippen molar-refractivity contribution in [2.45, 2.75) is 46.6 Å². The highest BCUT2D eigenvalue weighted by molar-refractivity contribution is 5.38. The van der Waals surface area contributed by atoms with E-state index in [9.17, 15) is 5.11 Å². The Balaban J connectivity index is 2.78. The SMILES string of the molecule is CCC(CC)COc1cc(C)ccc1C(C)O. The number of aliphatic hydroxyl groups excluding tert-OH is 1. The molecule has 0 radical (unpaired) electrons. The van der Waals surface area contributed by atoms with Gasteiger partial charge in [0.2, 0.25) is 0 Å². The van der Waals surface area contributed by atoms with Crippen molar-refractivity contribution >= 4 is 0 Å². The average molecular weight is 236 g/mol. The highest BCUT2D eigenvalue weighted by Crippen LogP contribution is 2.27. The van der Waals surface area contributed by atoms with E-state index in [0.717, 1.165) is 36.3 Å². The Kier molecular flexibility index (Phi) is 5.49. The van der Waals surface area contributed by atoms with Gasteiger partial charge >= 0.3 is 0 Å². The van der Waals surface area contributed by atoms with E-state index in [1.54, 1.807) is 6.92 Å². The van der Waals surface area contributed by atoms with Crippen LogP contribution in [0.2, 0.25) is 0 Å². The first-order chi connectivity index (χ1) is 8.08. The summed E-state index contributed by atoms with van der Waals surface area (Å²) in [7, 11) is 0. The predicted octanol–water partition coefficient (Wildman–Crippen LogP) is 3.86. The largest absolute Gasteiger partial charge is 0.493 e. The van der Waals surface area contributed by atoms with E-state index in [1.165, 1.54) is 0 Å². The topological polar surface area (TPSA) is 29.5 Å². The van der Waals surface area contributed by atoms with Crippen molar-refractivity contribution in [1.29, 1.82) is 0 Å². The van der Waals surface area contributed by atoms with E-state index in [0.29, 0.717) is 5.92 Å². The van der Waals surface area contributed by atoms with Gasteiger partial charge in [0.25, 0.3) is 0 Å². The lowest BCUT2D eigenvalue weighted by atomic mass is 10.0. The molecule has 0 amide bonds. The van der Waals surface area contributed by atoms with E-state index >= 15 is 0 Å². The molecule has 0 aliphatic carbocycles. The summed E-state index contributed by atoms with van der Waals surface area (Å²) < 4.78 is 5.86. The smallest absolute Gasteiger partial charge is 0.125 e. The molecular formula is C15H24O2. The minimum absolute atomic E-state index is 0.479. The summed E-state index contributed by atoms with van der Waals surface area (Å²) in [6.07, 6.45) is 1.78. The Labute approximate surface area is 105 Å². The van der Waals surface area contributed by atoms with Gasteiger partial charge in [-0.05, 0) is 31.4 Å². The summed E-state index contributed by atoms with van der Waals surface area (Å²) in [4.78, 5) is 0. The molecular weight excluding hydrogens is 212 g/mol. The molecule has 1 N–H and O–H groups in total. The van der Waals surface area contributed by atoms with E-state index in [1.807, 2.05) is 25.1 Å². The number of ether oxygens (including phenoxy) is 1. The molecule has 0 saturated heterocycles. The minimum Gasteiger partial charge on any atom is -0.493 e. The van der Waals surface area contributed by atoms with Crippen molar-refractivity contribution < 1.29 is 9.84 Å². The molecule has 1 atom stereocenters. The Morgan fingerprint density at radius 2 is 1.88 bits per heavy atom. The molecule has 2 heteroatoms. The van der Waals surface area contributed by atoms with E-state index in [-0.39, 0.29) is 0 Å². The normalized spacial score (nSPS) is 12.8. The third kappa shape index (κ3) is 4.04. The summed E-state index contributed by atoms with van der Waals surface area (Å²) in [5.41, 5.74) is 2.04. The summed E-state index contributed by atoms with van der Waals surface area (Å²) in [6, 6.07) is 5.96. The van der Waals surface area contributed by atoms with Crippen LogP contribution in [0.5, 0.6) is 5.75 Å². The maximum atomic E-state index is 9.70. The monoisotopic (exact) mass is 236 g/mol. The van der Waals surface area contributed by atoms with E-state index in [4.69, 9.17) is 4.74 Å². The third-order valence-electron chi connectivity index (χ3n) is 3.25. The molecule has 0 aromatic heterocycles. The Hall–Kier alpha value is -1.02. The lowest BCUT2D eigenvalue weighted by Gasteiger charge is -2.18. The fourth-order valence-corrected chi connectivity index (χ4v) is 1.84. The van der Waals surface area contributed by atoms with Gasteiger partial charge in [-0.2, -0.15) is 0 Å². The Morgan fingerprint density at radius 1 is 1.24 bits per heavy atom. The van der Waals surface area contributed by atoms with Crippen molar-refractivity contribution in [3.05, 3.63) is 29.3 Å². The second-order valence-electron chi connectivity index (χ2n) is 4.71. The first-order valence-corrected chi connectivity index (χ1v) is 6.49. The van der Waals surface area contributed by atoms with Crippen LogP contribution in [0, 0.1) is 12.8 Å². The Bertz CT molecular complexity index is 341. The number of hydrogen-bond donors (Lipinski definition) is 1. The van der Waals surface area contributed by atoms with Crippen molar-refractivity contribution in [3.63, 3.8) is 0 Å². The van der Waals surface area contributed by atoms with Crippen LogP contribution < -0.4 is 4.74 Å². The maximum Gasteiger partial charge on any atom is 0.125 e. The molecule has 1 aromatic carbocycles. The van der Waals surface area contributed by atoms with Crippen LogP contribution in [0.25, 0.3) is 0 Å². The van der Waals surface area contributed by atoms with Crippen LogP contribution in [0.3, 0.4) is 0 Å². The quantitative estimate of drug-likeness (QED) is 0.812. The van der Waals surface area contributed by atoms with Gasteiger partial charge in [0.15, 0.2) is 0 Å². The van der Waals surface area contributed by atoms with Crippen molar-refractivity contribution in [1.82, 2.24) is 0 Å². The van der Waals surface area contributed by atoms with Gasteiger partial charge in [-0.15, -0.1) is 0 Å². The van der Waals surface area contributed by atoms with Gasteiger partial charge in [0.05, 0.1) is 12.7 Å². The average Bonchev–Trinajstić information content (AvgIpc) is 2.30. The van der Waals surface area contributed by atoms with Gasteiger partial charge in [-0.25, -0.2) is 0 Å². The molecule has 17 heavy (non-hydrogen) atoms. The standard InChI is InChI=1S/C15H24O2/c1-5-13(6-2)10-17-15-9-11(3)7-8-14(15)12(4)16/h7-9,12-13,16H,5-6,10H2,1-4H3. The lowest BCUT2D eigenvalue weighted by molar-refractivity contribution is 0.184. The van der Waals surface area contributed by atoms with Gasteiger partial charge in [-0.1, -0.05) is 38.8 Å².